The molecule has 0 aromatic carbocycles. The molecule has 0 amide bonds. The number of nitrogens with zero attached hydrogens (tertiary/aromatic N) is 8. The lowest BCUT2D eigenvalue weighted by molar-refractivity contribution is -0.00286. The van der Waals surface area contributed by atoms with Crippen molar-refractivity contribution in [3.63, 3.8) is 0 Å². The highest BCUT2D eigenvalue weighted by atomic mass is 16.3. The molecule has 0 bridgehead atoms. The Morgan fingerprint density at radius 2 is 1.76 bits per heavy atom. The highest BCUT2D eigenvalue weighted by molar-refractivity contribution is 5.78. The van der Waals surface area contributed by atoms with Crippen molar-refractivity contribution in [1.82, 2.24) is 39.1 Å². The standard InChI is InChI=1S/C24H32N8O/c1-4-20(5-2)30-15-19(13-27-30)24-23-6-9-25-32(23)16-22(28-24)18-12-26-31(14-18)21-7-10-29(11-8-21)17(3)33/h6,9,12-17,20-21,33H,4-5,7-8,10-11H2,1-3H3. The SMILES string of the molecule is CCC(CC)n1cc(-c2nc(-c3cnn(C4CCN(C(C)O)CC4)c3)cn3nccc23)cn1. The lowest BCUT2D eigenvalue weighted by Gasteiger charge is -2.33. The van der Waals surface area contributed by atoms with Gasteiger partial charge in [-0.3, -0.25) is 14.3 Å². The molecule has 0 spiro atoms. The molecule has 0 radical (unpaired) electrons. The Morgan fingerprint density at radius 3 is 2.48 bits per heavy atom. The van der Waals surface area contributed by atoms with E-state index in [4.69, 9.17) is 4.98 Å². The number of fused-ring (bicyclic) bond motifs is 1. The number of likely N-dealkylation sites (tertiary alicyclic amines) is 1. The monoisotopic (exact) mass is 448 g/mol. The summed E-state index contributed by atoms with van der Waals surface area (Å²) in [4.78, 5) is 7.12. The molecule has 0 aliphatic carbocycles. The van der Waals surface area contributed by atoms with Gasteiger partial charge in [0.25, 0.3) is 0 Å². The van der Waals surface area contributed by atoms with E-state index in [1.165, 1.54) is 0 Å². The van der Waals surface area contributed by atoms with Crippen molar-refractivity contribution in [3.8, 4) is 22.5 Å². The minimum Gasteiger partial charge on any atom is -0.379 e. The summed E-state index contributed by atoms with van der Waals surface area (Å²) in [5, 5.41) is 23.6. The minimum atomic E-state index is -0.392. The van der Waals surface area contributed by atoms with Gasteiger partial charge in [-0.05, 0) is 38.7 Å². The van der Waals surface area contributed by atoms with Crippen LogP contribution in [0.2, 0.25) is 0 Å². The Bertz CT molecular complexity index is 1210. The van der Waals surface area contributed by atoms with E-state index in [1.807, 2.05) is 40.8 Å². The molecule has 1 aliphatic rings. The van der Waals surface area contributed by atoms with Crippen LogP contribution in [0.5, 0.6) is 0 Å². The van der Waals surface area contributed by atoms with Crippen LogP contribution in [0, 0.1) is 0 Å². The van der Waals surface area contributed by atoms with Gasteiger partial charge in [-0.2, -0.15) is 15.3 Å². The molecule has 1 N–H and O–H groups in total. The summed E-state index contributed by atoms with van der Waals surface area (Å²) in [7, 11) is 0. The van der Waals surface area contributed by atoms with Gasteiger partial charge in [0.05, 0.1) is 53.8 Å². The molecular weight excluding hydrogens is 416 g/mol. The Hall–Kier alpha value is -3.04. The van der Waals surface area contributed by atoms with Gasteiger partial charge in [-0.25, -0.2) is 9.50 Å². The quantitative estimate of drug-likeness (QED) is 0.463. The van der Waals surface area contributed by atoms with Crippen LogP contribution in [-0.4, -0.2) is 63.5 Å². The number of hydrogen-bond donors (Lipinski definition) is 1. The molecule has 1 atom stereocenters. The molecule has 5 heterocycles. The molecule has 5 rings (SSSR count). The number of aromatic nitrogens is 7. The average Bonchev–Trinajstić information content (AvgIpc) is 3.60. The van der Waals surface area contributed by atoms with Crippen molar-refractivity contribution in [2.45, 2.75) is 64.8 Å². The second-order valence-corrected chi connectivity index (χ2v) is 8.92. The van der Waals surface area contributed by atoms with Crippen molar-refractivity contribution in [2.24, 2.45) is 0 Å². The largest absolute Gasteiger partial charge is 0.379 e. The van der Waals surface area contributed by atoms with Gasteiger partial charge in [-0.15, -0.1) is 0 Å². The molecule has 1 fully saturated rings. The third-order valence-electron chi connectivity index (χ3n) is 6.88. The zero-order valence-electron chi connectivity index (χ0n) is 19.5. The molecule has 1 unspecified atom stereocenters. The first-order chi connectivity index (χ1) is 16.1. The number of aliphatic hydroxyl groups is 1. The first kappa shape index (κ1) is 21.8. The van der Waals surface area contributed by atoms with Gasteiger partial charge in [0.2, 0.25) is 0 Å². The van der Waals surface area contributed by atoms with Gasteiger partial charge in [0.1, 0.15) is 6.23 Å². The molecule has 9 heteroatoms. The van der Waals surface area contributed by atoms with E-state index in [9.17, 15) is 5.11 Å². The molecular formula is C24H32N8O. The molecule has 0 saturated carbocycles. The van der Waals surface area contributed by atoms with Crippen LogP contribution >= 0.6 is 0 Å². The predicted molar refractivity (Wildman–Crippen MR) is 127 cm³/mol. The van der Waals surface area contributed by atoms with E-state index < -0.39 is 6.23 Å². The summed E-state index contributed by atoms with van der Waals surface area (Å²) < 4.78 is 5.98. The van der Waals surface area contributed by atoms with E-state index in [0.29, 0.717) is 12.1 Å². The van der Waals surface area contributed by atoms with E-state index >= 15 is 0 Å². The van der Waals surface area contributed by atoms with Crippen molar-refractivity contribution in [3.05, 3.63) is 43.2 Å². The van der Waals surface area contributed by atoms with Crippen molar-refractivity contribution < 1.29 is 5.11 Å². The molecule has 4 aromatic heterocycles. The van der Waals surface area contributed by atoms with Gasteiger partial charge in [0.15, 0.2) is 0 Å². The first-order valence-corrected chi connectivity index (χ1v) is 11.9. The van der Waals surface area contributed by atoms with Crippen molar-refractivity contribution in [2.75, 3.05) is 13.1 Å². The van der Waals surface area contributed by atoms with Crippen LogP contribution in [0.4, 0.5) is 0 Å². The van der Waals surface area contributed by atoms with Gasteiger partial charge in [0, 0.05) is 36.6 Å². The summed E-state index contributed by atoms with van der Waals surface area (Å²) in [6.07, 6.45) is 15.4. The Balaban J connectivity index is 1.45. The van der Waals surface area contributed by atoms with Gasteiger partial charge >= 0.3 is 0 Å². The summed E-state index contributed by atoms with van der Waals surface area (Å²) in [6, 6.07) is 2.71. The van der Waals surface area contributed by atoms with E-state index in [-0.39, 0.29) is 0 Å². The number of rotatable bonds is 7. The van der Waals surface area contributed by atoms with Crippen LogP contribution in [0.25, 0.3) is 28.0 Å². The van der Waals surface area contributed by atoms with Crippen molar-refractivity contribution >= 4 is 5.52 Å². The number of aliphatic hydroxyl groups excluding tert-OH is 1. The molecule has 174 valence electrons. The smallest absolute Gasteiger partial charge is 0.104 e. The van der Waals surface area contributed by atoms with Gasteiger partial charge in [-0.1, -0.05) is 13.8 Å². The Kier molecular flexibility index (Phi) is 5.99. The highest BCUT2D eigenvalue weighted by Crippen LogP contribution is 2.29. The Morgan fingerprint density at radius 1 is 1.00 bits per heavy atom. The molecule has 9 nitrogen and oxygen atoms in total. The molecule has 33 heavy (non-hydrogen) atoms. The van der Waals surface area contributed by atoms with Crippen LogP contribution < -0.4 is 0 Å². The predicted octanol–water partition coefficient (Wildman–Crippen LogP) is 3.79. The summed E-state index contributed by atoms with van der Waals surface area (Å²) in [5.41, 5.74) is 4.64. The summed E-state index contributed by atoms with van der Waals surface area (Å²) in [6.45, 7) is 7.96. The maximum atomic E-state index is 9.82. The summed E-state index contributed by atoms with van der Waals surface area (Å²) in [5.74, 6) is 0. The fourth-order valence-electron chi connectivity index (χ4n) is 4.80. The molecule has 4 aromatic rings. The number of piperidine rings is 1. The second-order valence-electron chi connectivity index (χ2n) is 8.92. The first-order valence-electron chi connectivity index (χ1n) is 11.9. The van der Waals surface area contributed by atoms with E-state index in [0.717, 1.165) is 66.8 Å². The lowest BCUT2D eigenvalue weighted by atomic mass is 10.1. The average molecular weight is 449 g/mol. The zero-order chi connectivity index (χ0) is 22.9. The fraction of sp³-hybridized carbons (Fsp3) is 0.500. The minimum absolute atomic E-state index is 0.333. The van der Waals surface area contributed by atoms with Crippen molar-refractivity contribution in [1.29, 1.82) is 0 Å². The highest BCUT2D eigenvalue weighted by Gasteiger charge is 2.24. The normalized spacial score (nSPS) is 16.8. The van der Waals surface area contributed by atoms with E-state index in [1.54, 1.807) is 6.20 Å². The zero-order valence-corrected chi connectivity index (χ0v) is 19.5. The third-order valence-corrected chi connectivity index (χ3v) is 6.88. The Labute approximate surface area is 193 Å². The van der Waals surface area contributed by atoms with Crippen LogP contribution in [0.15, 0.2) is 43.2 Å². The number of hydrogen-bond acceptors (Lipinski definition) is 6. The van der Waals surface area contributed by atoms with Crippen LogP contribution in [0.3, 0.4) is 0 Å². The third kappa shape index (κ3) is 4.18. The van der Waals surface area contributed by atoms with E-state index in [2.05, 4.69) is 51.1 Å². The second kappa shape index (κ2) is 9.07. The molecule has 1 saturated heterocycles. The fourth-order valence-corrected chi connectivity index (χ4v) is 4.80. The topological polar surface area (TPSA) is 89.3 Å². The maximum Gasteiger partial charge on any atom is 0.104 e. The maximum absolute atomic E-state index is 9.82. The van der Waals surface area contributed by atoms with Gasteiger partial charge < -0.3 is 5.11 Å². The molecule has 1 aliphatic heterocycles. The summed E-state index contributed by atoms with van der Waals surface area (Å²) >= 11 is 0. The van der Waals surface area contributed by atoms with Crippen LogP contribution in [-0.2, 0) is 0 Å². The lowest BCUT2D eigenvalue weighted by Crippen LogP contribution is -2.40. The van der Waals surface area contributed by atoms with Crippen LogP contribution in [0.1, 0.15) is 58.5 Å².